The molecule has 3 aromatic carbocycles. The number of halogens is 4. The summed E-state index contributed by atoms with van der Waals surface area (Å²) >= 11 is 1.70. The van der Waals surface area contributed by atoms with Crippen LogP contribution in [0.25, 0.3) is 0 Å². The summed E-state index contributed by atoms with van der Waals surface area (Å²) in [4.78, 5) is 0. The fourth-order valence-electron chi connectivity index (χ4n) is 4.43. The minimum absolute atomic E-state index is 0.0610. The predicted molar refractivity (Wildman–Crippen MR) is 149 cm³/mol. The highest BCUT2D eigenvalue weighted by Gasteiger charge is 2.49. The van der Waals surface area contributed by atoms with Crippen molar-refractivity contribution >= 4 is 32.7 Å². The molecule has 0 radical (unpaired) electrons. The molecular weight excluding hydrogens is 664 g/mol. The summed E-state index contributed by atoms with van der Waals surface area (Å²) in [6.07, 6.45) is -1.47. The van der Waals surface area contributed by atoms with Gasteiger partial charge in [-0.05, 0) is 52.8 Å². The van der Waals surface area contributed by atoms with Gasteiger partial charge in [0.15, 0.2) is 5.75 Å². The zero-order valence-electron chi connectivity index (χ0n) is 21.6. The van der Waals surface area contributed by atoms with Crippen LogP contribution in [0.4, 0.5) is 13.2 Å². The van der Waals surface area contributed by atoms with Gasteiger partial charge in [0.2, 0.25) is 0 Å². The number of hydrogen-bond donors (Lipinski definition) is 0. The Labute approximate surface area is 244 Å². The first-order valence-electron chi connectivity index (χ1n) is 12.3. The van der Waals surface area contributed by atoms with Crippen LogP contribution in [0, 0.1) is 3.57 Å². The van der Waals surface area contributed by atoms with Crippen LogP contribution in [0.15, 0.2) is 72.8 Å². The number of ether oxygens (including phenoxy) is 4. The molecule has 1 saturated heterocycles. The van der Waals surface area contributed by atoms with Crippen LogP contribution in [-0.4, -0.2) is 39.3 Å². The topological polar surface area (TPSA) is 80.3 Å². The summed E-state index contributed by atoms with van der Waals surface area (Å²) in [5.74, 6) is -0.346. The summed E-state index contributed by atoms with van der Waals surface area (Å²) in [5.41, 5.74) is -3.06. The SMILES string of the molecule is COc1c([C@H]2C[C@@H](OCc3ccccc3)[C@H](OCc3ccccc3)C(C)O2)ccc(OS(=O)(=O)C(F)(F)F)c1I. The normalized spacial score (nSPS) is 21.6. The van der Waals surface area contributed by atoms with Crippen LogP contribution in [-0.2, 0) is 37.5 Å². The highest BCUT2D eigenvalue weighted by atomic mass is 127. The van der Waals surface area contributed by atoms with Gasteiger partial charge in [0.25, 0.3) is 0 Å². The van der Waals surface area contributed by atoms with Gasteiger partial charge in [-0.2, -0.15) is 21.6 Å². The first-order chi connectivity index (χ1) is 19.0. The van der Waals surface area contributed by atoms with Gasteiger partial charge in [-0.15, -0.1) is 0 Å². The second kappa shape index (κ2) is 13.1. The van der Waals surface area contributed by atoms with Gasteiger partial charge in [-0.1, -0.05) is 60.7 Å². The largest absolute Gasteiger partial charge is 0.534 e. The van der Waals surface area contributed by atoms with Gasteiger partial charge in [-0.25, -0.2) is 0 Å². The molecule has 40 heavy (non-hydrogen) atoms. The Morgan fingerprint density at radius 1 is 0.925 bits per heavy atom. The van der Waals surface area contributed by atoms with Gasteiger partial charge < -0.3 is 23.1 Å². The summed E-state index contributed by atoms with van der Waals surface area (Å²) < 4.78 is 90.7. The number of benzene rings is 3. The second-order valence-electron chi connectivity index (χ2n) is 9.15. The highest BCUT2D eigenvalue weighted by molar-refractivity contribution is 14.1. The van der Waals surface area contributed by atoms with Crippen LogP contribution < -0.4 is 8.92 Å². The van der Waals surface area contributed by atoms with E-state index in [1.54, 1.807) is 22.6 Å². The monoisotopic (exact) mass is 692 g/mol. The molecule has 0 amide bonds. The maximum absolute atomic E-state index is 12.9. The van der Waals surface area contributed by atoms with Crippen molar-refractivity contribution in [1.82, 2.24) is 0 Å². The molecule has 1 aliphatic heterocycles. The van der Waals surface area contributed by atoms with Crippen molar-refractivity contribution < 1.29 is 44.7 Å². The molecular formula is C28H28F3IO7S. The van der Waals surface area contributed by atoms with Crippen molar-refractivity contribution in [2.24, 2.45) is 0 Å². The predicted octanol–water partition coefficient (Wildman–Crippen LogP) is 6.55. The minimum Gasteiger partial charge on any atom is -0.495 e. The molecule has 7 nitrogen and oxygen atoms in total. The molecule has 1 fully saturated rings. The number of methoxy groups -OCH3 is 1. The lowest BCUT2D eigenvalue weighted by atomic mass is 9.93. The lowest BCUT2D eigenvalue weighted by molar-refractivity contribution is -0.204. The third-order valence-corrected chi connectivity index (χ3v) is 8.36. The molecule has 12 heteroatoms. The average molecular weight is 692 g/mol. The van der Waals surface area contributed by atoms with Gasteiger partial charge >= 0.3 is 15.6 Å². The maximum Gasteiger partial charge on any atom is 0.534 e. The van der Waals surface area contributed by atoms with E-state index in [9.17, 15) is 21.6 Å². The fourth-order valence-corrected chi connectivity index (χ4v) is 5.87. The molecule has 0 bridgehead atoms. The van der Waals surface area contributed by atoms with E-state index in [1.165, 1.54) is 13.2 Å². The standard InChI is InChI=1S/C28H28F3IO7S/c1-18-26(37-17-20-11-7-4-8-12-20)24(36-16-19-9-5-3-6-10-19)15-23(38-18)21-13-14-22(25(32)27(21)35-2)39-40(33,34)28(29,30)31/h3-14,18,23-24,26H,15-17H2,1-2H3/t18?,23-,24-,26-/m1/s1. The van der Waals surface area contributed by atoms with E-state index >= 15 is 0 Å². The van der Waals surface area contributed by atoms with Crippen molar-refractivity contribution in [2.45, 2.75) is 56.5 Å². The van der Waals surface area contributed by atoms with E-state index < -0.39 is 45.8 Å². The quantitative estimate of drug-likeness (QED) is 0.136. The van der Waals surface area contributed by atoms with Gasteiger partial charge in [0.05, 0.1) is 42.2 Å². The van der Waals surface area contributed by atoms with E-state index in [0.29, 0.717) is 25.2 Å². The Hall–Kier alpha value is -2.39. The Kier molecular flexibility index (Phi) is 9.98. The zero-order valence-corrected chi connectivity index (χ0v) is 24.6. The van der Waals surface area contributed by atoms with Crippen LogP contribution >= 0.6 is 22.6 Å². The Bertz CT molecular complexity index is 1370. The lowest BCUT2D eigenvalue weighted by Crippen LogP contribution is -2.47. The van der Waals surface area contributed by atoms with Crippen molar-refractivity contribution in [2.75, 3.05) is 7.11 Å². The first-order valence-corrected chi connectivity index (χ1v) is 14.8. The van der Waals surface area contributed by atoms with Crippen molar-refractivity contribution in [3.63, 3.8) is 0 Å². The highest BCUT2D eigenvalue weighted by Crippen LogP contribution is 2.44. The van der Waals surface area contributed by atoms with Crippen molar-refractivity contribution in [3.05, 3.63) is 93.1 Å². The van der Waals surface area contributed by atoms with Crippen molar-refractivity contribution in [1.29, 1.82) is 0 Å². The summed E-state index contributed by atoms with van der Waals surface area (Å²) in [6.45, 7) is 2.56. The van der Waals surface area contributed by atoms with E-state index in [0.717, 1.165) is 17.2 Å². The third kappa shape index (κ3) is 7.27. The van der Waals surface area contributed by atoms with E-state index in [2.05, 4.69) is 4.18 Å². The number of rotatable bonds is 10. The smallest absolute Gasteiger partial charge is 0.495 e. The summed E-state index contributed by atoms with van der Waals surface area (Å²) in [5, 5.41) is 0. The third-order valence-electron chi connectivity index (χ3n) is 6.37. The molecule has 0 aliphatic carbocycles. The van der Waals surface area contributed by atoms with Crippen LogP contribution in [0.1, 0.15) is 36.1 Å². The van der Waals surface area contributed by atoms with Crippen molar-refractivity contribution in [3.8, 4) is 11.5 Å². The number of alkyl halides is 3. The van der Waals surface area contributed by atoms with Gasteiger partial charge in [0, 0.05) is 12.0 Å². The molecule has 0 aromatic heterocycles. The van der Waals surface area contributed by atoms with E-state index in [-0.39, 0.29) is 9.32 Å². The minimum atomic E-state index is -5.85. The van der Waals surface area contributed by atoms with Gasteiger partial charge in [-0.3, -0.25) is 0 Å². The lowest BCUT2D eigenvalue weighted by Gasteiger charge is -2.41. The molecule has 0 N–H and O–H groups in total. The van der Waals surface area contributed by atoms with Crippen LogP contribution in [0.2, 0.25) is 0 Å². The Balaban J connectivity index is 1.59. The Morgan fingerprint density at radius 2 is 1.50 bits per heavy atom. The molecule has 4 atom stereocenters. The average Bonchev–Trinajstić information content (AvgIpc) is 2.92. The summed E-state index contributed by atoms with van der Waals surface area (Å²) in [6, 6.07) is 22.0. The number of hydrogen-bond acceptors (Lipinski definition) is 7. The van der Waals surface area contributed by atoms with E-state index in [1.807, 2.05) is 67.6 Å². The van der Waals surface area contributed by atoms with Crippen LogP contribution in [0.5, 0.6) is 11.5 Å². The Morgan fingerprint density at radius 3 is 2.05 bits per heavy atom. The molecule has 3 aromatic rings. The molecule has 1 heterocycles. The van der Waals surface area contributed by atoms with Gasteiger partial charge in [0.1, 0.15) is 11.9 Å². The fraction of sp³-hybridized carbons (Fsp3) is 0.357. The second-order valence-corrected chi connectivity index (χ2v) is 11.8. The zero-order chi connectivity index (χ0) is 28.9. The molecule has 4 rings (SSSR count). The molecule has 0 spiro atoms. The first kappa shape index (κ1) is 30.6. The van der Waals surface area contributed by atoms with E-state index in [4.69, 9.17) is 18.9 Å². The molecule has 216 valence electrons. The molecule has 1 aliphatic rings. The molecule has 0 saturated carbocycles. The molecule has 1 unspecified atom stereocenters. The van der Waals surface area contributed by atoms with Crippen LogP contribution in [0.3, 0.4) is 0 Å². The maximum atomic E-state index is 12.9. The summed E-state index contributed by atoms with van der Waals surface area (Å²) in [7, 11) is -4.51.